The van der Waals surface area contributed by atoms with Gasteiger partial charge >= 0.3 is 0 Å². The van der Waals surface area contributed by atoms with E-state index in [1.165, 1.54) is 0 Å². The van der Waals surface area contributed by atoms with E-state index in [0.717, 1.165) is 0 Å². The van der Waals surface area contributed by atoms with Gasteiger partial charge in [-0.15, -0.1) is 0 Å². The highest BCUT2D eigenvalue weighted by Gasteiger charge is 1.76. The molecule has 0 spiro atoms. The Balaban J connectivity index is 3.04. The molecular formula is C5H5IO. The first-order chi connectivity index (χ1) is 3.39. The molecule has 1 aliphatic heterocycles. The molecule has 1 nitrogen and oxygen atoms in total. The summed E-state index contributed by atoms with van der Waals surface area (Å²) in [6, 6.07) is 0. The van der Waals surface area contributed by atoms with Crippen molar-refractivity contribution in [3.05, 3.63) is 22.3 Å². The monoisotopic (exact) mass is 208 g/mol. The minimum absolute atomic E-state index is 1.77. The molecule has 0 N–H and O–H groups in total. The molecule has 2 heteroatoms. The SMILES string of the molecule is O=I1=CC=CC=C1. The molecule has 0 atom stereocenters. The molecule has 0 aromatic heterocycles. The summed E-state index contributed by atoms with van der Waals surface area (Å²) in [5.41, 5.74) is 0. The standard InChI is InChI=1S/C5H5IO/c7-6-4-2-1-3-5-6/h1-5H. The largest absolute Gasteiger partial charge is 0.274 e. The Morgan fingerprint density at radius 2 is 2.00 bits per heavy atom. The van der Waals surface area contributed by atoms with Crippen LogP contribution in [0.15, 0.2) is 22.3 Å². The third kappa shape index (κ3) is 1.43. The van der Waals surface area contributed by atoms with Gasteiger partial charge in [0.05, 0.1) is 0 Å². The Morgan fingerprint density at radius 1 is 1.14 bits per heavy atom. The lowest BCUT2D eigenvalue weighted by molar-refractivity contribution is 0.648. The summed E-state index contributed by atoms with van der Waals surface area (Å²) in [7, 11) is 0. The van der Waals surface area contributed by atoms with E-state index >= 15 is 0 Å². The van der Waals surface area contributed by atoms with Crippen molar-refractivity contribution >= 4 is 23.3 Å². The summed E-state index contributed by atoms with van der Waals surface area (Å²) in [5.74, 6) is 0. The van der Waals surface area contributed by atoms with Crippen LogP contribution in [-0.4, -0.2) is 4.01 Å². The average Bonchev–Trinajstić information content (AvgIpc) is 1.69. The first-order valence-electron chi connectivity index (χ1n) is 1.92. The van der Waals surface area contributed by atoms with Gasteiger partial charge in [0.2, 0.25) is 0 Å². The van der Waals surface area contributed by atoms with Crippen LogP contribution in [0.4, 0.5) is 0 Å². The fraction of sp³-hybridized carbons (Fsp3) is 0. The van der Waals surface area contributed by atoms with Gasteiger partial charge in [0.1, 0.15) is 19.3 Å². The van der Waals surface area contributed by atoms with E-state index in [9.17, 15) is 3.07 Å². The molecule has 38 valence electrons. The van der Waals surface area contributed by atoms with E-state index in [1.54, 1.807) is 8.09 Å². The molecule has 7 heavy (non-hydrogen) atoms. The summed E-state index contributed by atoms with van der Waals surface area (Å²) in [6.45, 7) is 0. The van der Waals surface area contributed by atoms with E-state index in [1.807, 2.05) is 18.2 Å². The molecule has 1 heterocycles. The summed E-state index contributed by atoms with van der Waals surface area (Å²) in [5, 5.41) is 0. The molecule has 0 saturated carbocycles. The van der Waals surface area contributed by atoms with Gasteiger partial charge in [0.15, 0.2) is 0 Å². The third-order valence-corrected chi connectivity index (χ3v) is 2.86. The second-order valence-electron chi connectivity index (χ2n) is 1.13. The first-order valence-corrected chi connectivity index (χ1v) is 5.30. The van der Waals surface area contributed by atoms with E-state index < -0.39 is 19.3 Å². The van der Waals surface area contributed by atoms with Crippen LogP contribution in [0.2, 0.25) is 0 Å². The predicted molar refractivity (Wildman–Crippen MR) is 39.1 cm³/mol. The molecule has 1 rings (SSSR count). The molecule has 0 aromatic rings. The molecule has 1 aliphatic rings. The summed E-state index contributed by atoms with van der Waals surface area (Å²) in [6.07, 6.45) is 5.54. The summed E-state index contributed by atoms with van der Waals surface area (Å²) < 4.78 is 14.0. The molecule has 0 aromatic carbocycles. The number of halogens is 1. The maximum absolute atomic E-state index is 10.5. The van der Waals surface area contributed by atoms with Crippen molar-refractivity contribution < 1.29 is 3.07 Å². The van der Waals surface area contributed by atoms with Crippen LogP contribution in [0, 0.1) is 0 Å². The van der Waals surface area contributed by atoms with Gasteiger partial charge in [-0.2, -0.15) is 0 Å². The normalized spacial score (nSPS) is 19.4. The lowest BCUT2D eigenvalue weighted by atomic mass is 10.5. The van der Waals surface area contributed by atoms with Crippen molar-refractivity contribution in [2.45, 2.75) is 0 Å². The van der Waals surface area contributed by atoms with Gasteiger partial charge in [-0.3, -0.25) is 3.07 Å². The third-order valence-electron chi connectivity index (χ3n) is 0.616. The molecule has 0 aliphatic carbocycles. The zero-order chi connectivity index (χ0) is 5.11. The van der Waals surface area contributed by atoms with Crippen LogP contribution < -0.4 is 0 Å². The highest BCUT2D eigenvalue weighted by atomic mass is 127. The second kappa shape index (κ2) is 2.26. The fourth-order valence-electron chi connectivity index (χ4n) is 0.334. The number of rotatable bonds is 0. The van der Waals surface area contributed by atoms with Crippen molar-refractivity contribution in [2.24, 2.45) is 0 Å². The number of allylic oxidation sites excluding steroid dienone is 3. The smallest absolute Gasteiger partial charge is 0.107 e. The first kappa shape index (κ1) is 5.03. The Bertz CT molecular complexity index is 182. The second-order valence-corrected chi connectivity index (χ2v) is 4.31. The van der Waals surface area contributed by atoms with Crippen molar-refractivity contribution in [3.8, 4) is 0 Å². The van der Waals surface area contributed by atoms with Crippen molar-refractivity contribution in [1.82, 2.24) is 0 Å². The molecular weight excluding hydrogens is 203 g/mol. The van der Waals surface area contributed by atoms with Gasteiger partial charge < -0.3 is 0 Å². The molecule has 0 unspecified atom stereocenters. The minimum Gasteiger partial charge on any atom is -0.274 e. The van der Waals surface area contributed by atoms with Gasteiger partial charge in [0.25, 0.3) is 0 Å². The zero-order valence-electron chi connectivity index (χ0n) is 3.67. The Labute approximate surface area is 49.0 Å². The Hall–Kier alpha value is -0.120. The van der Waals surface area contributed by atoms with Crippen LogP contribution >= 0.6 is 19.3 Å². The van der Waals surface area contributed by atoms with E-state index in [0.29, 0.717) is 0 Å². The van der Waals surface area contributed by atoms with E-state index in [2.05, 4.69) is 0 Å². The van der Waals surface area contributed by atoms with Crippen molar-refractivity contribution in [1.29, 1.82) is 0 Å². The zero-order valence-corrected chi connectivity index (χ0v) is 5.83. The topological polar surface area (TPSA) is 17.1 Å². The van der Waals surface area contributed by atoms with Gasteiger partial charge in [0, 0.05) is 8.09 Å². The lowest BCUT2D eigenvalue weighted by Gasteiger charge is -1.77. The van der Waals surface area contributed by atoms with Crippen molar-refractivity contribution in [2.75, 3.05) is 0 Å². The van der Waals surface area contributed by atoms with Crippen molar-refractivity contribution in [3.63, 3.8) is 0 Å². The van der Waals surface area contributed by atoms with Crippen LogP contribution in [0.1, 0.15) is 0 Å². The molecule has 0 bridgehead atoms. The lowest BCUT2D eigenvalue weighted by Crippen LogP contribution is -1.59. The summed E-state index contributed by atoms with van der Waals surface area (Å²) in [4.78, 5) is 0. The Kier molecular flexibility index (Phi) is 1.62. The number of hydrogen-bond acceptors (Lipinski definition) is 1. The quantitative estimate of drug-likeness (QED) is 0.554. The van der Waals surface area contributed by atoms with Crippen LogP contribution in [0.5, 0.6) is 0 Å². The van der Waals surface area contributed by atoms with Crippen LogP contribution in [0.25, 0.3) is 0 Å². The van der Waals surface area contributed by atoms with E-state index in [-0.39, 0.29) is 0 Å². The van der Waals surface area contributed by atoms with Crippen LogP contribution in [0.3, 0.4) is 0 Å². The maximum atomic E-state index is 10.5. The van der Waals surface area contributed by atoms with Gasteiger partial charge in [-0.1, -0.05) is 18.2 Å². The van der Waals surface area contributed by atoms with Gasteiger partial charge in [-0.25, -0.2) is 0 Å². The number of hydrogen-bond donors (Lipinski definition) is 0. The fourth-order valence-corrected chi connectivity index (χ4v) is 1.87. The molecule has 0 saturated heterocycles. The van der Waals surface area contributed by atoms with E-state index in [4.69, 9.17) is 0 Å². The average molecular weight is 208 g/mol. The highest BCUT2D eigenvalue weighted by molar-refractivity contribution is 14.2. The highest BCUT2D eigenvalue weighted by Crippen LogP contribution is 2.10. The Morgan fingerprint density at radius 3 is 2.29 bits per heavy atom. The van der Waals surface area contributed by atoms with Gasteiger partial charge in [-0.05, 0) is 0 Å². The minimum atomic E-state index is -1.88. The van der Waals surface area contributed by atoms with Crippen LogP contribution in [-0.2, 0) is 3.07 Å². The molecule has 0 amide bonds. The maximum Gasteiger partial charge on any atom is 0.107 e. The predicted octanol–water partition coefficient (Wildman–Crippen LogP) is 1.72. The summed E-state index contributed by atoms with van der Waals surface area (Å²) >= 11 is -1.88. The molecule has 0 radical (unpaired) electrons. The molecule has 0 fully saturated rings.